The number of alkyl halides is 6. The second-order valence-electron chi connectivity index (χ2n) is 8.32. The van der Waals surface area contributed by atoms with Crippen LogP contribution in [0.1, 0.15) is 21.5 Å². The SMILES string of the molecule is NC(=O)C1NC(N)=[N+]2C[C@H](OC(=O)c3cc(C(F)(F)F)ccc3C(F)(F)F)C(O)(O)[C@@]23NC(N)=[NH+][C@@H]13. The van der Waals surface area contributed by atoms with Crippen LogP contribution in [0.3, 0.4) is 0 Å². The van der Waals surface area contributed by atoms with Crippen LogP contribution in [0.2, 0.25) is 0 Å². The molecule has 0 bridgehead atoms. The number of hydrogen-bond acceptors (Lipinski definition) is 9. The van der Waals surface area contributed by atoms with Gasteiger partial charge in [-0.2, -0.15) is 26.3 Å². The normalized spacial score (nSPS) is 29.0. The lowest BCUT2D eigenvalue weighted by molar-refractivity contribution is -0.672. The van der Waals surface area contributed by atoms with E-state index in [4.69, 9.17) is 21.9 Å². The third-order valence-electron chi connectivity index (χ3n) is 6.23. The average molecular weight is 527 g/mol. The van der Waals surface area contributed by atoms with Gasteiger partial charge in [-0.1, -0.05) is 0 Å². The highest BCUT2D eigenvalue weighted by Crippen LogP contribution is 2.41. The van der Waals surface area contributed by atoms with Crippen molar-refractivity contribution in [2.24, 2.45) is 17.2 Å². The van der Waals surface area contributed by atoms with Crippen molar-refractivity contribution in [2.75, 3.05) is 6.54 Å². The van der Waals surface area contributed by atoms with Gasteiger partial charge in [-0.05, 0) is 18.2 Å². The fourth-order valence-corrected chi connectivity index (χ4v) is 4.65. The van der Waals surface area contributed by atoms with E-state index < -0.39 is 77.1 Å². The molecule has 196 valence electrons. The molecule has 12 nitrogen and oxygen atoms in total. The van der Waals surface area contributed by atoms with E-state index in [1.54, 1.807) is 0 Å². The largest absolute Gasteiger partial charge is 0.449 e. The van der Waals surface area contributed by atoms with Crippen molar-refractivity contribution in [1.82, 2.24) is 10.6 Å². The molecule has 3 heterocycles. The number of ether oxygens (including phenoxy) is 1. The quantitative estimate of drug-likeness (QED) is 0.0830. The number of amides is 1. The van der Waals surface area contributed by atoms with Crippen LogP contribution in [0.25, 0.3) is 0 Å². The number of nitrogens with zero attached hydrogens (tertiary/aromatic N) is 1. The van der Waals surface area contributed by atoms with E-state index in [1.807, 2.05) is 0 Å². The molecular weight excluding hydrogens is 508 g/mol. The van der Waals surface area contributed by atoms with Crippen LogP contribution < -0.4 is 32.8 Å². The fraction of sp³-hybridized carbons (Fsp3) is 0.444. The van der Waals surface area contributed by atoms with Crippen LogP contribution in [-0.2, 0) is 21.9 Å². The second kappa shape index (κ2) is 7.60. The smallest absolute Gasteiger partial charge is 0.417 e. The lowest BCUT2D eigenvalue weighted by atomic mass is 9.85. The van der Waals surface area contributed by atoms with Crippen LogP contribution in [0.5, 0.6) is 0 Å². The summed E-state index contributed by atoms with van der Waals surface area (Å²) >= 11 is 0. The summed E-state index contributed by atoms with van der Waals surface area (Å²) in [7, 11) is 0. The molecule has 1 spiro atoms. The number of carbonyl (C=O) groups excluding carboxylic acids is 2. The average Bonchev–Trinajstić information content (AvgIpc) is 3.20. The number of guanidine groups is 2. The summed E-state index contributed by atoms with van der Waals surface area (Å²) in [6, 6.07) is -2.62. The van der Waals surface area contributed by atoms with Gasteiger partial charge < -0.3 is 20.7 Å². The van der Waals surface area contributed by atoms with E-state index >= 15 is 0 Å². The molecule has 0 saturated carbocycles. The van der Waals surface area contributed by atoms with E-state index in [1.165, 1.54) is 0 Å². The topological polar surface area (TPSA) is 203 Å². The highest BCUT2D eigenvalue weighted by molar-refractivity contribution is 5.92. The van der Waals surface area contributed by atoms with Gasteiger partial charge in [0.2, 0.25) is 0 Å². The summed E-state index contributed by atoms with van der Waals surface area (Å²) in [4.78, 5) is 27.2. The molecular formula is C18H19F6N7O5+2. The zero-order valence-corrected chi connectivity index (χ0v) is 17.7. The number of hydrogen-bond donors (Lipinski definition) is 8. The molecule has 3 aliphatic heterocycles. The van der Waals surface area contributed by atoms with Gasteiger partial charge in [-0.25, -0.2) is 14.7 Å². The fourth-order valence-electron chi connectivity index (χ4n) is 4.65. The number of aliphatic hydroxyl groups is 2. The number of esters is 1. The summed E-state index contributed by atoms with van der Waals surface area (Å²) < 4.78 is 85.5. The minimum absolute atomic E-state index is 0.0580. The Labute approximate surface area is 196 Å². The first kappa shape index (κ1) is 25.3. The zero-order chi connectivity index (χ0) is 27.0. The number of nitrogens with one attached hydrogen (secondary N) is 3. The highest BCUT2D eigenvalue weighted by Gasteiger charge is 2.79. The molecule has 11 N–H and O–H groups in total. The van der Waals surface area contributed by atoms with Crippen LogP contribution in [0.15, 0.2) is 18.2 Å². The van der Waals surface area contributed by atoms with Crippen LogP contribution in [0.4, 0.5) is 26.3 Å². The Morgan fingerprint density at radius 2 is 1.78 bits per heavy atom. The van der Waals surface area contributed by atoms with Crippen molar-refractivity contribution in [2.45, 2.75) is 42.0 Å². The van der Waals surface area contributed by atoms with Gasteiger partial charge in [0.05, 0.1) is 16.7 Å². The molecule has 1 unspecified atom stereocenters. The predicted octanol–water partition coefficient (Wildman–Crippen LogP) is -4.21. The van der Waals surface area contributed by atoms with E-state index in [-0.39, 0.29) is 30.1 Å². The monoisotopic (exact) mass is 527 g/mol. The third kappa shape index (κ3) is 3.55. The first-order chi connectivity index (χ1) is 16.4. The third-order valence-corrected chi connectivity index (χ3v) is 6.23. The van der Waals surface area contributed by atoms with E-state index in [9.17, 15) is 46.1 Å². The van der Waals surface area contributed by atoms with Crippen molar-refractivity contribution in [3.63, 3.8) is 0 Å². The summed E-state index contributed by atoms with van der Waals surface area (Å²) in [5.74, 6) is -6.83. The molecule has 36 heavy (non-hydrogen) atoms. The van der Waals surface area contributed by atoms with E-state index in [2.05, 4.69) is 15.6 Å². The number of halogens is 6. The van der Waals surface area contributed by atoms with Gasteiger partial charge in [0, 0.05) is 0 Å². The second-order valence-corrected chi connectivity index (χ2v) is 8.32. The van der Waals surface area contributed by atoms with Crippen molar-refractivity contribution < 1.29 is 60.4 Å². The molecule has 0 aromatic heterocycles. The van der Waals surface area contributed by atoms with E-state index in [0.29, 0.717) is 0 Å². The Morgan fingerprint density at radius 3 is 2.33 bits per heavy atom. The molecule has 4 rings (SSSR count). The van der Waals surface area contributed by atoms with Crippen LogP contribution >= 0.6 is 0 Å². The number of carbonyl (C=O) groups is 2. The molecule has 1 aromatic carbocycles. The number of rotatable bonds is 3. The molecule has 3 aliphatic rings. The first-order valence-electron chi connectivity index (χ1n) is 9.98. The Bertz CT molecular complexity index is 1210. The first-order valence-corrected chi connectivity index (χ1v) is 9.98. The van der Waals surface area contributed by atoms with Gasteiger partial charge in [0.25, 0.3) is 11.7 Å². The highest BCUT2D eigenvalue weighted by atomic mass is 19.4. The Kier molecular flexibility index (Phi) is 5.34. The molecule has 4 atom stereocenters. The maximum atomic E-state index is 13.4. The maximum absolute atomic E-state index is 13.4. The minimum Gasteiger partial charge on any atom is -0.449 e. The van der Waals surface area contributed by atoms with Gasteiger partial charge >= 0.3 is 35.9 Å². The number of benzene rings is 1. The van der Waals surface area contributed by atoms with Gasteiger partial charge in [-0.15, -0.1) is 0 Å². The van der Waals surface area contributed by atoms with Crippen molar-refractivity contribution in [3.05, 3.63) is 34.9 Å². The summed E-state index contributed by atoms with van der Waals surface area (Å²) in [6.45, 7) is -0.693. The van der Waals surface area contributed by atoms with E-state index in [0.717, 1.165) is 4.58 Å². The van der Waals surface area contributed by atoms with Crippen molar-refractivity contribution >= 4 is 23.8 Å². The Balaban J connectivity index is 1.76. The lowest BCUT2D eigenvalue weighted by Crippen LogP contribution is -2.92. The molecule has 0 aliphatic carbocycles. The van der Waals surface area contributed by atoms with Crippen LogP contribution in [-0.4, -0.2) is 74.8 Å². The van der Waals surface area contributed by atoms with Gasteiger partial charge in [0.1, 0.15) is 6.54 Å². The standard InChI is InChI=1S/C18H17F6N7O5/c19-17(20,21)5-1-2-7(18(22,23)24)6(3-5)12(33)36-8-4-31-14(27)28-9(11(25)32)10-15(31,16(8,34)35)30-13(26)29-10/h1-3,8-10,34-35H,4H2,(H7,25,26,27,28,29,30,32)/p+2/t8-,9?,10-,15-/m0/s1. The Hall–Kier alpha value is -3.80. The summed E-state index contributed by atoms with van der Waals surface area (Å²) in [5, 5.41) is 27.1. The molecule has 1 saturated heterocycles. The zero-order valence-electron chi connectivity index (χ0n) is 17.7. The van der Waals surface area contributed by atoms with Gasteiger partial charge in [-0.3, -0.25) is 26.6 Å². The molecule has 1 fully saturated rings. The molecule has 0 radical (unpaired) electrons. The molecule has 1 amide bonds. The Morgan fingerprint density at radius 1 is 1.14 bits per heavy atom. The summed E-state index contributed by atoms with van der Waals surface area (Å²) in [6.07, 6.45) is -12.4. The summed E-state index contributed by atoms with van der Waals surface area (Å²) in [5.41, 5.74) is 9.89. The van der Waals surface area contributed by atoms with Gasteiger partial charge in [0.15, 0.2) is 18.2 Å². The van der Waals surface area contributed by atoms with Crippen LogP contribution in [0, 0.1) is 0 Å². The van der Waals surface area contributed by atoms with Crippen molar-refractivity contribution in [1.29, 1.82) is 0 Å². The maximum Gasteiger partial charge on any atom is 0.417 e. The number of nitrogens with two attached hydrogens (primary N) is 3. The van der Waals surface area contributed by atoms with Crippen molar-refractivity contribution in [3.8, 4) is 0 Å². The lowest BCUT2D eigenvalue weighted by Gasteiger charge is -2.39. The molecule has 18 heteroatoms. The predicted molar refractivity (Wildman–Crippen MR) is 103 cm³/mol. The minimum atomic E-state index is -5.25. The number of primary amides is 1. The molecule has 1 aromatic rings.